The highest BCUT2D eigenvalue weighted by atomic mass is 32.1. The molecule has 25 heavy (non-hydrogen) atoms. The summed E-state index contributed by atoms with van der Waals surface area (Å²) < 4.78 is 3.94. The topological polar surface area (TPSA) is 58.1 Å². The summed E-state index contributed by atoms with van der Waals surface area (Å²) in [5.41, 5.74) is 3.40. The number of nitrogens with zero attached hydrogens (tertiary/aromatic N) is 3. The van der Waals surface area contributed by atoms with Gasteiger partial charge in [0.25, 0.3) is 5.91 Å². The summed E-state index contributed by atoms with van der Waals surface area (Å²) in [4.78, 5) is 15.4. The maximum atomic E-state index is 12.6. The molecule has 0 bridgehead atoms. The Balaban J connectivity index is 1.76. The van der Waals surface area contributed by atoms with Gasteiger partial charge in [-0.15, -0.1) is 5.10 Å². The van der Waals surface area contributed by atoms with Gasteiger partial charge in [0.05, 0.1) is 0 Å². The molecule has 0 fully saturated rings. The van der Waals surface area contributed by atoms with Gasteiger partial charge in [-0.2, -0.15) is 0 Å². The van der Waals surface area contributed by atoms with Crippen molar-refractivity contribution >= 4 is 28.8 Å². The number of benzene rings is 2. The Morgan fingerprint density at radius 1 is 1.04 bits per heavy atom. The lowest BCUT2D eigenvalue weighted by Gasteiger charge is -2.21. The first-order valence-electron chi connectivity index (χ1n) is 8.27. The van der Waals surface area contributed by atoms with Gasteiger partial charge in [0.2, 0.25) is 0 Å². The Labute approximate surface area is 151 Å². The van der Waals surface area contributed by atoms with E-state index in [1.807, 2.05) is 54.6 Å². The summed E-state index contributed by atoms with van der Waals surface area (Å²) >= 11 is 1.11. The SMILES string of the molecule is CCN(CC)c1ccc(NC(=O)c2snnc2-c2ccccc2)cc1. The van der Waals surface area contributed by atoms with Gasteiger partial charge < -0.3 is 10.2 Å². The van der Waals surface area contributed by atoms with Crippen molar-refractivity contribution in [2.75, 3.05) is 23.3 Å². The Morgan fingerprint density at radius 3 is 2.36 bits per heavy atom. The largest absolute Gasteiger partial charge is 0.372 e. The highest BCUT2D eigenvalue weighted by Crippen LogP contribution is 2.25. The molecule has 1 N–H and O–H groups in total. The third-order valence-corrected chi connectivity index (χ3v) is 4.72. The molecule has 1 amide bonds. The van der Waals surface area contributed by atoms with Gasteiger partial charge in [-0.05, 0) is 49.6 Å². The Morgan fingerprint density at radius 2 is 1.72 bits per heavy atom. The molecule has 5 nitrogen and oxygen atoms in total. The van der Waals surface area contributed by atoms with E-state index in [0.717, 1.165) is 41.6 Å². The number of rotatable bonds is 6. The Hall–Kier alpha value is -2.73. The molecule has 0 radical (unpaired) electrons. The molecule has 0 aliphatic carbocycles. The molecule has 1 aromatic heterocycles. The van der Waals surface area contributed by atoms with Crippen LogP contribution in [0.15, 0.2) is 54.6 Å². The molecule has 1 heterocycles. The molecular formula is C19H20N4OS. The molecule has 0 saturated heterocycles. The summed E-state index contributed by atoms with van der Waals surface area (Å²) in [6.07, 6.45) is 0. The van der Waals surface area contributed by atoms with Gasteiger partial charge in [0, 0.05) is 30.0 Å². The average Bonchev–Trinajstić information content (AvgIpc) is 3.15. The maximum Gasteiger partial charge on any atom is 0.269 e. The molecule has 3 rings (SSSR count). The average molecular weight is 352 g/mol. The van der Waals surface area contributed by atoms with Crippen LogP contribution in [0.5, 0.6) is 0 Å². The van der Waals surface area contributed by atoms with Crippen LogP contribution in [0.4, 0.5) is 11.4 Å². The zero-order valence-electron chi connectivity index (χ0n) is 14.3. The summed E-state index contributed by atoms with van der Waals surface area (Å²) in [6, 6.07) is 17.5. The normalized spacial score (nSPS) is 10.5. The number of amides is 1. The van der Waals surface area contributed by atoms with Gasteiger partial charge in [-0.25, -0.2) is 0 Å². The van der Waals surface area contributed by atoms with Crippen LogP contribution in [-0.4, -0.2) is 28.6 Å². The van der Waals surface area contributed by atoms with Crippen LogP contribution >= 0.6 is 11.5 Å². The van der Waals surface area contributed by atoms with Crippen molar-refractivity contribution in [1.82, 2.24) is 9.59 Å². The van der Waals surface area contributed by atoms with E-state index >= 15 is 0 Å². The second-order valence-corrected chi connectivity index (χ2v) is 6.24. The van der Waals surface area contributed by atoms with E-state index in [4.69, 9.17) is 0 Å². The second kappa shape index (κ2) is 7.90. The minimum Gasteiger partial charge on any atom is -0.372 e. The smallest absolute Gasteiger partial charge is 0.269 e. The fraction of sp³-hybridized carbons (Fsp3) is 0.211. The number of carbonyl (C=O) groups is 1. The third-order valence-electron chi connectivity index (χ3n) is 4.00. The fourth-order valence-corrected chi connectivity index (χ4v) is 3.24. The van der Waals surface area contributed by atoms with Gasteiger partial charge in [-0.1, -0.05) is 34.8 Å². The highest BCUT2D eigenvalue weighted by Gasteiger charge is 2.17. The predicted molar refractivity (Wildman–Crippen MR) is 103 cm³/mol. The van der Waals surface area contributed by atoms with Crippen molar-refractivity contribution in [2.24, 2.45) is 0 Å². The van der Waals surface area contributed by atoms with Crippen molar-refractivity contribution in [3.05, 3.63) is 59.5 Å². The fourth-order valence-electron chi connectivity index (χ4n) is 2.66. The van der Waals surface area contributed by atoms with Crippen molar-refractivity contribution in [1.29, 1.82) is 0 Å². The first-order chi connectivity index (χ1) is 12.2. The molecule has 2 aromatic carbocycles. The van der Waals surface area contributed by atoms with Crippen LogP contribution in [0.2, 0.25) is 0 Å². The molecular weight excluding hydrogens is 332 g/mol. The Kier molecular flexibility index (Phi) is 5.40. The zero-order chi connectivity index (χ0) is 17.6. The zero-order valence-corrected chi connectivity index (χ0v) is 15.1. The number of carbonyl (C=O) groups excluding carboxylic acids is 1. The summed E-state index contributed by atoms with van der Waals surface area (Å²) in [7, 11) is 0. The standard InChI is InChI=1S/C19H20N4OS/c1-3-23(4-2)16-12-10-15(11-13-16)20-19(24)18-17(21-22-25-18)14-8-6-5-7-9-14/h5-13H,3-4H2,1-2H3,(H,20,24). The predicted octanol–water partition coefficient (Wildman–Crippen LogP) is 4.30. The van der Waals surface area contributed by atoms with Gasteiger partial charge >= 0.3 is 0 Å². The quantitative estimate of drug-likeness (QED) is 0.718. The number of aromatic nitrogens is 2. The van der Waals surface area contributed by atoms with E-state index in [1.54, 1.807) is 0 Å². The van der Waals surface area contributed by atoms with Crippen LogP contribution < -0.4 is 10.2 Å². The van der Waals surface area contributed by atoms with E-state index in [1.165, 1.54) is 0 Å². The molecule has 0 unspecified atom stereocenters. The number of hydrogen-bond donors (Lipinski definition) is 1. The first kappa shape index (κ1) is 17.1. The van der Waals surface area contributed by atoms with E-state index in [2.05, 4.69) is 33.7 Å². The lowest BCUT2D eigenvalue weighted by Crippen LogP contribution is -2.21. The number of anilines is 2. The van der Waals surface area contributed by atoms with Crippen LogP contribution in [0.1, 0.15) is 23.5 Å². The Bertz CT molecular complexity index is 826. The van der Waals surface area contributed by atoms with Crippen molar-refractivity contribution in [2.45, 2.75) is 13.8 Å². The molecule has 3 aromatic rings. The minimum absolute atomic E-state index is 0.190. The second-order valence-electron chi connectivity index (χ2n) is 5.49. The van der Waals surface area contributed by atoms with Crippen molar-refractivity contribution in [3.63, 3.8) is 0 Å². The van der Waals surface area contributed by atoms with Crippen LogP contribution in [0.25, 0.3) is 11.3 Å². The molecule has 0 aliphatic rings. The molecule has 0 atom stereocenters. The summed E-state index contributed by atoms with van der Waals surface area (Å²) in [5, 5.41) is 7.04. The van der Waals surface area contributed by atoms with Gasteiger partial charge in [0.1, 0.15) is 10.6 Å². The van der Waals surface area contributed by atoms with E-state index in [0.29, 0.717) is 10.6 Å². The van der Waals surface area contributed by atoms with E-state index < -0.39 is 0 Å². The molecule has 0 aliphatic heterocycles. The minimum atomic E-state index is -0.190. The molecule has 0 saturated carbocycles. The first-order valence-corrected chi connectivity index (χ1v) is 9.04. The number of hydrogen-bond acceptors (Lipinski definition) is 5. The molecule has 128 valence electrons. The third kappa shape index (κ3) is 3.85. The van der Waals surface area contributed by atoms with Crippen LogP contribution in [-0.2, 0) is 0 Å². The van der Waals surface area contributed by atoms with E-state index in [9.17, 15) is 4.79 Å². The lowest BCUT2D eigenvalue weighted by atomic mass is 10.1. The van der Waals surface area contributed by atoms with Crippen LogP contribution in [0.3, 0.4) is 0 Å². The van der Waals surface area contributed by atoms with Crippen LogP contribution in [0, 0.1) is 0 Å². The molecule has 6 heteroatoms. The maximum absolute atomic E-state index is 12.6. The lowest BCUT2D eigenvalue weighted by molar-refractivity contribution is 0.103. The van der Waals surface area contributed by atoms with Crippen molar-refractivity contribution in [3.8, 4) is 11.3 Å². The number of nitrogens with one attached hydrogen (secondary N) is 1. The van der Waals surface area contributed by atoms with Crippen molar-refractivity contribution < 1.29 is 4.79 Å². The summed E-state index contributed by atoms with van der Waals surface area (Å²) in [5.74, 6) is -0.190. The highest BCUT2D eigenvalue weighted by molar-refractivity contribution is 7.08. The van der Waals surface area contributed by atoms with Gasteiger partial charge in [-0.3, -0.25) is 4.79 Å². The summed E-state index contributed by atoms with van der Waals surface area (Å²) in [6.45, 7) is 6.16. The van der Waals surface area contributed by atoms with Gasteiger partial charge in [0.15, 0.2) is 0 Å². The monoisotopic (exact) mass is 352 g/mol. The van der Waals surface area contributed by atoms with E-state index in [-0.39, 0.29) is 5.91 Å². The molecule has 0 spiro atoms.